The molecule has 1 N–H and O–H groups in total. The van der Waals surface area contributed by atoms with E-state index in [1.54, 1.807) is 4.90 Å². The number of aromatic nitrogens is 1. The van der Waals surface area contributed by atoms with E-state index >= 15 is 0 Å². The van der Waals surface area contributed by atoms with Gasteiger partial charge < -0.3 is 10.2 Å². The topological polar surface area (TPSA) is 45.2 Å². The summed E-state index contributed by atoms with van der Waals surface area (Å²) >= 11 is -0.354. The van der Waals surface area contributed by atoms with Crippen LogP contribution in [0.15, 0.2) is 23.4 Å². The zero-order valence-corrected chi connectivity index (χ0v) is 12.8. The number of rotatable bonds is 2. The van der Waals surface area contributed by atoms with Crippen molar-refractivity contribution < 1.29 is 18.0 Å². The lowest BCUT2D eigenvalue weighted by molar-refractivity contribution is -0.0329. The fourth-order valence-electron chi connectivity index (χ4n) is 2.03. The van der Waals surface area contributed by atoms with Crippen molar-refractivity contribution in [2.24, 2.45) is 0 Å². The SMILES string of the molecule is CC1CN(C(=O)c2cccnc2SC(F)(F)F)CCN1.Cl. The van der Waals surface area contributed by atoms with Gasteiger partial charge in [-0.05, 0) is 19.1 Å². The van der Waals surface area contributed by atoms with E-state index in [1.165, 1.54) is 18.3 Å². The van der Waals surface area contributed by atoms with Crippen molar-refractivity contribution in [2.75, 3.05) is 19.6 Å². The van der Waals surface area contributed by atoms with Crippen molar-refractivity contribution in [3.8, 4) is 0 Å². The smallest absolute Gasteiger partial charge is 0.336 e. The molecule has 9 heteroatoms. The highest BCUT2D eigenvalue weighted by atomic mass is 35.5. The molecule has 1 atom stereocenters. The fraction of sp³-hybridized carbons (Fsp3) is 0.500. The van der Waals surface area contributed by atoms with Gasteiger partial charge in [0.05, 0.1) is 5.56 Å². The molecule has 0 aromatic carbocycles. The van der Waals surface area contributed by atoms with Gasteiger partial charge in [-0.25, -0.2) is 4.98 Å². The zero-order valence-electron chi connectivity index (χ0n) is 11.2. The molecule has 0 bridgehead atoms. The molecule has 1 amide bonds. The van der Waals surface area contributed by atoms with Gasteiger partial charge in [-0.2, -0.15) is 13.2 Å². The summed E-state index contributed by atoms with van der Waals surface area (Å²) in [6.07, 6.45) is 1.26. The molecule has 0 aliphatic carbocycles. The van der Waals surface area contributed by atoms with Gasteiger partial charge in [0.1, 0.15) is 5.03 Å². The van der Waals surface area contributed by atoms with Crippen LogP contribution < -0.4 is 5.32 Å². The van der Waals surface area contributed by atoms with Crippen LogP contribution >= 0.6 is 24.2 Å². The average molecular weight is 342 g/mol. The average Bonchev–Trinajstić information content (AvgIpc) is 2.37. The van der Waals surface area contributed by atoms with E-state index in [-0.39, 0.29) is 40.8 Å². The maximum absolute atomic E-state index is 12.5. The summed E-state index contributed by atoms with van der Waals surface area (Å²) in [5.74, 6) is -0.404. The van der Waals surface area contributed by atoms with Crippen LogP contribution in [0.1, 0.15) is 17.3 Å². The fourth-order valence-corrected chi connectivity index (χ4v) is 2.63. The van der Waals surface area contributed by atoms with Crippen molar-refractivity contribution in [2.45, 2.75) is 23.5 Å². The summed E-state index contributed by atoms with van der Waals surface area (Å²) in [6.45, 7) is 3.51. The number of piperazine rings is 1. The summed E-state index contributed by atoms with van der Waals surface area (Å²) < 4.78 is 37.4. The number of carbonyl (C=O) groups is 1. The van der Waals surface area contributed by atoms with Gasteiger partial charge in [-0.15, -0.1) is 12.4 Å². The van der Waals surface area contributed by atoms with Gasteiger partial charge in [-0.3, -0.25) is 4.79 Å². The molecule has 0 saturated carbocycles. The number of alkyl halides is 3. The molecule has 0 radical (unpaired) electrons. The molecule has 1 aliphatic rings. The highest BCUT2D eigenvalue weighted by Gasteiger charge is 2.33. The minimum Gasteiger partial charge on any atom is -0.336 e. The Bertz CT molecular complexity index is 501. The molecule has 1 saturated heterocycles. The Labute approximate surface area is 130 Å². The monoisotopic (exact) mass is 341 g/mol. The molecule has 1 aromatic heterocycles. The third-order valence-corrected chi connectivity index (χ3v) is 3.62. The van der Waals surface area contributed by atoms with E-state index in [1.807, 2.05) is 6.92 Å². The Morgan fingerprint density at radius 3 is 2.86 bits per heavy atom. The predicted molar refractivity (Wildman–Crippen MR) is 76.8 cm³/mol. The molecular weight excluding hydrogens is 327 g/mol. The van der Waals surface area contributed by atoms with Crippen molar-refractivity contribution in [1.29, 1.82) is 0 Å². The first-order valence-corrected chi connectivity index (χ1v) is 6.92. The number of nitrogens with zero attached hydrogens (tertiary/aromatic N) is 2. The summed E-state index contributed by atoms with van der Waals surface area (Å²) in [4.78, 5) is 17.6. The lowest BCUT2D eigenvalue weighted by Gasteiger charge is -2.32. The molecule has 4 nitrogen and oxygen atoms in total. The Morgan fingerprint density at radius 2 is 2.24 bits per heavy atom. The highest BCUT2D eigenvalue weighted by Crippen LogP contribution is 2.37. The predicted octanol–water partition coefficient (Wildman–Crippen LogP) is 2.55. The van der Waals surface area contributed by atoms with E-state index in [4.69, 9.17) is 0 Å². The van der Waals surface area contributed by atoms with E-state index in [0.29, 0.717) is 19.6 Å². The highest BCUT2D eigenvalue weighted by molar-refractivity contribution is 8.00. The Morgan fingerprint density at radius 1 is 1.52 bits per heavy atom. The molecular formula is C12H15ClF3N3OS. The van der Waals surface area contributed by atoms with Gasteiger partial charge in [-0.1, -0.05) is 0 Å². The van der Waals surface area contributed by atoms with Gasteiger partial charge in [0.15, 0.2) is 0 Å². The molecule has 1 aromatic rings. The second-order valence-corrected chi connectivity index (χ2v) is 5.56. The summed E-state index contributed by atoms with van der Waals surface area (Å²) in [5, 5.41) is 2.88. The minimum atomic E-state index is -4.46. The van der Waals surface area contributed by atoms with Crippen LogP contribution in [0.5, 0.6) is 0 Å². The van der Waals surface area contributed by atoms with E-state index in [9.17, 15) is 18.0 Å². The maximum Gasteiger partial charge on any atom is 0.447 e. The van der Waals surface area contributed by atoms with Crippen molar-refractivity contribution in [1.82, 2.24) is 15.2 Å². The standard InChI is InChI=1S/C12H14F3N3OS.ClH/c1-8-7-18(6-5-16-8)11(19)9-3-2-4-17-10(9)20-12(13,14)15;/h2-4,8,16H,5-7H2,1H3;1H. The van der Waals surface area contributed by atoms with Gasteiger partial charge in [0.2, 0.25) is 0 Å². The van der Waals surface area contributed by atoms with Gasteiger partial charge in [0.25, 0.3) is 5.91 Å². The number of thioether (sulfide) groups is 1. The first-order chi connectivity index (χ1) is 9.37. The first-order valence-electron chi connectivity index (χ1n) is 6.10. The number of carbonyl (C=O) groups excluding carboxylic acids is 1. The van der Waals surface area contributed by atoms with Gasteiger partial charge in [0, 0.05) is 43.6 Å². The number of amides is 1. The second kappa shape index (κ2) is 7.33. The molecule has 118 valence electrons. The first kappa shape index (κ1) is 18.1. The van der Waals surface area contributed by atoms with Crippen molar-refractivity contribution in [3.05, 3.63) is 23.9 Å². The largest absolute Gasteiger partial charge is 0.447 e. The van der Waals surface area contributed by atoms with Crippen molar-refractivity contribution >= 4 is 30.1 Å². The summed E-state index contributed by atoms with van der Waals surface area (Å²) in [7, 11) is 0. The molecule has 1 fully saturated rings. The van der Waals surface area contributed by atoms with Crippen LogP contribution in [-0.4, -0.2) is 47.0 Å². The van der Waals surface area contributed by atoms with Gasteiger partial charge >= 0.3 is 5.51 Å². The maximum atomic E-state index is 12.5. The number of halogens is 4. The summed E-state index contributed by atoms with van der Waals surface area (Å²) in [6, 6.07) is 2.98. The Balaban J connectivity index is 0.00000220. The van der Waals surface area contributed by atoms with E-state index in [0.717, 1.165) is 0 Å². The Hall–Kier alpha value is -0.990. The molecule has 0 spiro atoms. The van der Waals surface area contributed by atoms with Crippen LogP contribution in [0.2, 0.25) is 0 Å². The number of hydrogen-bond donors (Lipinski definition) is 1. The lowest BCUT2D eigenvalue weighted by atomic mass is 10.2. The zero-order chi connectivity index (χ0) is 14.8. The minimum absolute atomic E-state index is 0. The molecule has 21 heavy (non-hydrogen) atoms. The lowest BCUT2D eigenvalue weighted by Crippen LogP contribution is -2.51. The second-order valence-electron chi connectivity index (χ2n) is 4.51. The molecule has 2 rings (SSSR count). The third-order valence-electron chi connectivity index (χ3n) is 2.87. The number of nitrogens with one attached hydrogen (secondary N) is 1. The van der Waals surface area contributed by atoms with E-state index in [2.05, 4.69) is 10.3 Å². The van der Waals surface area contributed by atoms with Crippen LogP contribution in [-0.2, 0) is 0 Å². The van der Waals surface area contributed by atoms with Crippen LogP contribution in [0, 0.1) is 0 Å². The Kier molecular flexibility index (Phi) is 6.30. The third kappa shape index (κ3) is 5.05. The van der Waals surface area contributed by atoms with Crippen LogP contribution in [0.3, 0.4) is 0 Å². The normalized spacial score (nSPS) is 19.0. The molecule has 1 aliphatic heterocycles. The number of hydrogen-bond acceptors (Lipinski definition) is 4. The van der Waals surface area contributed by atoms with Crippen molar-refractivity contribution in [3.63, 3.8) is 0 Å². The van der Waals surface area contributed by atoms with Crippen LogP contribution in [0.4, 0.5) is 13.2 Å². The van der Waals surface area contributed by atoms with Crippen LogP contribution in [0.25, 0.3) is 0 Å². The summed E-state index contributed by atoms with van der Waals surface area (Å²) in [5.41, 5.74) is -4.45. The quantitative estimate of drug-likeness (QED) is 0.840. The van der Waals surface area contributed by atoms with E-state index < -0.39 is 11.4 Å². The number of pyridine rings is 1. The molecule has 2 heterocycles. The molecule has 1 unspecified atom stereocenters.